The van der Waals surface area contributed by atoms with Gasteiger partial charge in [-0.05, 0) is 81.3 Å². The summed E-state index contributed by atoms with van der Waals surface area (Å²) in [6.45, 7) is 9.35. The number of hydrogen-bond donors (Lipinski definition) is 4. The molecule has 2 unspecified atom stereocenters. The molecule has 0 aromatic heterocycles. The van der Waals surface area contributed by atoms with Gasteiger partial charge in [-0.2, -0.15) is 0 Å². The maximum atomic E-state index is 12.8. The van der Waals surface area contributed by atoms with Crippen LogP contribution in [0, 0.1) is 20.8 Å². The van der Waals surface area contributed by atoms with E-state index < -0.39 is 17.0 Å². The highest BCUT2D eigenvalue weighted by molar-refractivity contribution is 5.84. The summed E-state index contributed by atoms with van der Waals surface area (Å²) in [5, 5.41) is 20.9. The molecule has 6 N–H and O–H groups in total. The molecular weight excluding hydrogens is 394 g/mol. The fraction of sp³-hybridized carbons (Fsp3) is 0.417. The number of ether oxygens (including phenoxy) is 1. The predicted octanol–water partition coefficient (Wildman–Crippen LogP) is 3.74. The van der Waals surface area contributed by atoms with Gasteiger partial charge in [0.1, 0.15) is 22.5 Å². The maximum Gasteiger partial charge on any atom is 0.318 e. The molecule has 0 fully saturated rings. The highest BCUT2D eigenvalue weighted by Crippen LogP contribution is 2.51. The Kier molecular flexibility index (Phi) is 5.65. The second kappa shape index (κ2) is 7.80. The number of carbonyl (C=O) groups is 1. The van der Waals surface area contributed by atoms with Crippen molar-refractivity contribution in [1.29, 1.82) is 0 Å². The molecule has 0 aliphatic carbocycles. The average molecular weight is 426 g/mol. The number of phenols is 1. The van der Waals surface area contributed by atoms with Gasteiger partial charge in [0.2, 0.25) is 0 Å². The van der Waals surface area contributed by atoms with Crippen LogP contribution >= 0.6 is 0 Å². The van der Waals surface area contributed by atoms with Gasteiger partial charge in [0, 0.05) is 5.56 Å². The smallest absolute Gasteiger partial charge is 0.318 e. The number of aliphatic carboxylic acids is 1. The number of carboxylic acid groups (broad SMARTS) is 1. The number of phenolic OH excluding ortho intramolecular Hbond substituents is 1. The summed E-state index contributed by atoms with van der Waals surface area (Å²) in [6.07, 6.45) is 1.46. The van der Waals surface area contributed by atoms with E-state index >= 15 is 0 Å². The van der Waals surface area contributed by atoms with E-state index in [1.54, 1.807) is 24.3 Å². The lowest BCUT2D eigenvalue weighted by Crippen LogP contribution is -2.59. The van der Waals surface area contributed by atoms with Crippen molar-refractivity contribution in [2.45, 2.75) is 64.9 Å². The minimum atomic E-state index is -1.28. The lowest BCUT2D eigenvalue weighted by atomic mass is 9.63. The SMILES string of the molecule is CCC(C(=O)O)(c1ccc(N=C(N)N)cc1)C1(C)CCc2c(C)c(O)c(C)c(C)c2O1. The first-order chi connectivity index (χ1) is 14.5. The first-order valence-electron chi connectivity index (χ1n) is 10.4. The zero-order valence-corrected chi connectivity index (χ0v) is 18.7. The highest BCUT2D eigenvalue weighted by atomic mass is 16.5. The number of benzene rings is 2. The van der Waals surface area contributed by atoms with Gasteiger partial charge in [0.05, 0.1) is 5.69 Å². The number of hydrogen-bond acceptors (Lipinski definition) is 4. The van der Waals surface area contributed by atoms with Crippen LogP contribution in [0.25, 0.3) is 0 Å². The third-order valence-corrected chi connectivity index (χ3v) is 6.94. The molecule has 0 bridgehead atoms. The molecule has 0 spiro atoms. The lowest BCUT2D eigenvalue weighted by Gasteiger charge is -2.48. The zero-order chi connectivity index (χ0) is 23.1. The van der Waals surface area contributed by atoms with Crippen LogP contribution in [0.3, 0.4) is 0 Å². The van der Waals surface area contributed by atoms with E-state index in [4.69, 9.17) is 16.2 Å². The molecular formula is C24H31N3O4. The van der Waals surface area contributed by atoms with Crippen molar-refractivity contribution in [2.75, 3.05) is 0 Å². The van der Waals surface area contributed by atoms with E-state index in [1.807, 2.05) is 34.6 Å². The van der Waals surface area contributed by atoms with Crippen LogP contribution < -0.4 is 16.2 Å². The van der Waals surface area contributed by atoms with Gasteiger partial charge in [-0.1, -0.05) is 19.1 Å². The standard InChI is InChI=1S/C24H31N3O4/c1-6-24(21(29)30,16-7-9-17(10-8-16)27-22(25)26)23(5)12-11-18-15(4)19(28)13(2)14(3)20(18)31-23/h7-10,28H,6,11-12H2,1-5H3,(H,29,30)(H4,25,26,27). The Morgan fingerprint density at radius 2 is 1.77 bits per heavy atom. The van der Waals surface area contributed by atoms with E-state index in [2.05, 4.69) is 4.99 Å². The third-order valence-electron chi connectivity index (χ3n) is 6.94. The topological polar surface area (TPSA) is 131 Å². The molecule has 2 atom stereocenters. The Bertz CT molecular complexity index is 1060. The second-order valence-corrected chi connectivity index (χ2v) is 8.51. The first-order valence-corrected chi connectivity index (χ1v) is 10.4. The normalized spacial score (nSPS) is 19.6. The van der Waals surface area contributed by atoms with Crippen LogP contribution in [-0.4, -0.2) is 27.7 Å². The molecule has 1 aliphatic rings. The predicted molar refractivity (Wildman–Crippen MR) is 121 cm³/mol. The molecule has 0 saturated carbocycles. The largest absolute Gasteiger partial charge is 0.507 e. The Labute approximate surface area is 182 Å². The van der Waals surface area contributed by atoms with Crippen molar-refractivity contribution in [2.24, 2.45) is 16.5 Å². The van der Waals surface area contributed by atoms with E-state index in [-0.39, 0.29) is 11.7 Å². The van der Waals surface area contributed by atoms with Crippen molar-refractivity contribution in [3.8, 4) is 11.5 Å². The van der Waals surface area contributed by atoms with Crippen LogP contribution in [0.15, 0.2) is 29.3 Å². The van der Waals surface area contributed by atoms with Gasteiger partial charge in [-0.15, -0.1) is 0 Å². The summed E-state index contributed by atoms with van der Waals surface area (Å²) < 4.78 is 6.57. The van der Waals surface area contributed by atoms with Gasteiger partial charge in [0.15, 0.2) is 5.96 Å². The molecule has 7 heteroatoms. The number of fused-ring (bicyclic) bond motifs is 1. The Morgan fingerprint density at radius 3 is 2.29 bits per heavy atom. The molecule has 0 amide bonds. The number of aromatic hydroxyl groups is 1. The minimum Gasteiger partial charge on any atom is -0.507 e. The lowest BCUT2D eigenvalue weighted by molar-refractivity contribution is -0.155. The summed E-state index contributed by atoms with van der Waals surface area (Å²) >= 11 is 0. The fourth-order valence-electron chi connectivity index (χ4n) is 4.90. The summed E-state index contributed by atoms with van der Waals surface area (Å²) in [4.78, 5) is 16.8. The van der Waals surface area contributed by atoms with Gasteiger partial charge in [-0.25, -0.2) is 4.99 Å². The Balaban J connectivity index is 2.16. The monoisotopic (exact) mass is 425 g/mol. The number of nitrogens with zero attached hydrogens (tertiary/aromatic N) is 1. The molecule has 2 aromatic carbocycles. The Hall–Kier alpha value is -3.22. The van der Waals surface area contributed by atoms with Crippen LogP contribution in [0.2, 0.25) is 0 Å². The first kappa shape index (κ1) is 22.5. The number of guanidine groups is 1. The maximum absolute atomic E-state index is 12.8. The second-order valence-electron chi connectivity index (χ2n) is 8.51. The summed E-state index contributed by atoms with van der Waals surface area (Å²) in [6, 6.07) is 6.92. The van der Waals surface area contributed by atoms with Crippen molar-refractivity contribution < 1.29 is 19.7 Å². The van der Waals surface area contributed by atoms with E-state index in [0.717, 1.165) is 22.3 Å². The third kappa shape index (κ3) is 3.38. The summed E-state index contributed by atoms with van der Waals surface area (Å²) in [5.74, 6) is -0.0479. The molecule has 0 saturated heterocycles. The highest BCUT2D eigenvalue weighted by Gasteiger charge is 2.57. The molecule has 0 radical (unpaired) electrons. The molecule has 3 rings (SSSR count). The number of carboxylic acids is 1. The van der Waals surface area contributed by atoms with Crippen LogP contribution in [0.5, 0.6) is 11.5 Å². The molecule has 1 heterocycles. The molecule has 166 valence electrons. The van der Waals surface area contributed by atoms with E-state index in [0.29, 0.717) is 36.3 Å². The quantitative estimate of drug-likeness (QED) is 0.426. The molecule has 7 nitrogen and oxygen atoms in total. The van der Waals surface area contributed by atoms with Gasteiger partial charge in [-0.3, -0.25) is 4.79 Å². The summed E-state index contributed by atoms with van der Waals surface area (Å²) in [7, 11) is 0. The van der Waals surface area contributed by atoms with Crippen molar-refractivity contribution >= 4 is 17.6 Å². The van der Waals surface area contributed by atoms with E-state index in [1.165, 1.54) is 0 Å². The van der Waals surface area contributed by atoms with Crippen molar-refractivity contribution in [1.82, 2.24) is 0 Å². The van der Waals surface area contributed by atoms with Crippen molar-refractivity contribution in [3.05, 3.63) is 52.1 Å². The number of rotatable bonds is 5. The Morgan fingerprint density at radius 1 is 1.16 bits per heavy atom. The van der Waals surface area contributed by atoms with Crippen molar-refractivity contribution in [3.63, 3.8) is 0 Å². The van der Waals surface area contributed by atoms with Crippen LogP contribution in [-0.2, 0) is 16.6 Å². The minimum absolute atomic E-state index is 0.0589. The molecule has 31 heavy (non-hydrogen) atoms. The van der Waals surface area contributed by atoms with Gasteiger partial charge in [0.25, 0.3) is 0 Å². The average Bonchev–Trinajstić information content (AvgIpc) is 2.72. The number of nitrogens with two attached hydrogens (primary N) is 2. The van der Waals surface area contributed by atoms with Crippen LogP contribution in [0.1, 0.15) is 54.5 Å². The van der Waals surface area contributed by atoms with Gasteiger partial charge < -0.3 is 26.4 Å². The molecule has 2 aromatic rings. The fourth-order valence-corrected chi connectivity index (χ4v) is 4.90. The molecule has 1 aliphatic heterocycles. The number of aliphatic imine (C=N–C) groups is 1. The summed E-state index contributed by atoms with van der Waals surface area (Å²) in [5.41, 5.74) is 13.1. The van der Waals surface area contributed by atoms with Gasteiger partial charge >= 0.3 is 5.97 Å². The zero-order valence-electron chi connectivity index (χ0n) is 18.7. The van der Waals surface area contributed by atoms with E-state index in [9.17, 15) is 15.0 Å². The van der Waals surface area contributed by atoms with Crippen LogP contribution in [0.4, 0.5) is 5.69 Å².